The van der Waals surface area contributed by atoms with Gasteiger partial charge in [-0.25, -0.2) is 0 Å². The molecule has 0 saturated carbocycles. The van der Waals surface area contributed by atoms with Crippen molar-refractivity contribution in [2.45, 2.75) is 13.3 Å². The van der Waals surface area contributed by atoms with Crippen LogP contribution >= 0.6 is 15.9 Å². The first-order valence-corrected chi connectivity index (χ1v) is 9.91. The van der Waals surface area contributed by atoms with Gasteiger partial charge in [-0.2, -0.15) is 0 Å². The summed E-state index contributed by atoms with van der Waals surface area (Å²) in [4.78, 5) is 47.1. The first-order chi connectivity index (χ1) is 14.3. The van der Waals surface area contributed by atoms with Crippen LogP contribution in [0.2, 0.25) is 0 Å². The van der Waals surface area contributed by atoms with Crippen LogP contribution in [0.1, 0.15) is 11.1 Å². The summed E-state index contributed by atoms with van der Waals surface area (Å²) in [7, 11) is 0. The van der Waals surface area contributed by atoms with Gasteiger partial charge in [0.15, 0.2) is 6.61 Å². The molecular formula is C21H22BrN3O5. The molecule has 0 unspecified atom stereocenters. The van der Waals surface area contributed by atoms with Gasteiger partial charge in [-0.3, -0.25) is 19.2 Å². The van der Waals surface area contributed by atoms with Crippen molar-refractivity contribution in [2.75, 3.05) is 25.0 Å². The highest BCUT2D eigenvalue weighted by molar-refractivity contribution is 9.10. The minimum Gasteiger partial charge on any atom is -0.454 e. The van der Waals surface area contributed by atoms with Crippen LogP contribution in [0.3, 0.4) is 0 Å². The van der Waals surface area contributed by atoms with Gasteiger partial charge in [0.25, 0.3) is 5.91 Å². The average molecular weight is 476 g/mol. The highest BCUT2D eigenvalue weighted by Crippen LogP contribution is 2.19. The summed E-state index contributed by atoms with van der Waals surface area (Å²) in [6.45, 7) is 0.691. The molecule has 0 atom stereocenters. The number of ether oxygens (including phenoxy) is 1. The molecule has 8 nitrogen and oxygen atoms in total. The van der Waals surface area contributed by atoms with Crippen LogP contribution in [0, 0.1) is 6.92 Å². The van der Waals surface area contributed by atoms with Crippen LogP contribution in [0.4, 0.5) is 5.69 Å². The maximum absolute atomic E-state index is 11.9. The lowest BCUT2D eigenvalue weighted by Crippen LogP contribution is -2.37. The third-order valence-electron chi connectivity index (χ3n) is 3.91. The molecule has 0 fully saturated rings. The van der Waals surface area contributed by atoms with Gasteiger partial charge in [-0.15, -0.1) is 0 Å². The van der Waals surface area contributed by atoms with Gasteiger partial charge in [-0.05, 0) is 36.2 Å². The average Bonchev–Trinajstić information content (AvgIpc) is 2.72. The number of amides is 3. The summed E-state index contributed by atoms with van der Waals surface area (Å²) in [6.07, 6.45) is 0.140. The molecule has 9 heteroatoms. The van der Waals surface area contributed by atoms with Gasteiger partial charge in [0, 0.05) is 10.2 Å². The Hall–Kier alpha value is -3.20. The van der Waals surface area contributed by atoms with Crippen molar-refractivity contribution in [1.82, 2.24) is 10.6 Å². The van der Waals surface area contributed by atoms with Crippen LogP contribution in [0.25, 0.3) is 0 Å². The largest absolute Gasteiger partial charge is 0.454 e. The number of rotatable bonds is 9. The van der Waals surface area contributed by atoms with E-state index in [1.165, 1.54) is 0 Å². The molecule has 0 aliphatic heterocycles. The Kier molecular flexibility index (Phi) is 9.02. The fraction of sp³-hybridized carbons (Fsp3) is 0.238. The van der Waals surface area contributed by atoms with Gasteiger partial charge in [-0.1, -0.05) is 46.3 Å². The van der Waals surface area contributed by atoms with Crippen LogP contribution < -0.4 is 16.0 Å². The molecule has 0 heterocycles. The molecule has 2 aromatic rings. The topological polar surface area (TPSA) is 114 Å². The van der Waals surface area contributed by atoms with Crippen molar-refractivity contribution in [2.24, 2.45) is 0 Å². The highest BCUT2D eigenvalue weighted by Gasteiger charge is 2.11. The zero-order chi connectivity index (χ0) is 21.9. The molecule has 0 saturated heterocycles. The van der Waals surface area contributed by atoms with E-state index in [2.05, 4.69) is 31.9 Å². The first kappa shape index (κ1) is 23.1. The van der Waals surface area contributed by atoms with E-state index >= 15 is 0 Å². The Bertz CT molecular complexity index is 918. The predicted molar refractivity (Wildman–Crippen MR) is 115 cm³/mol. The van der Waals surface area contributed by atoms with Crippen LogP contribution in [0.5, 0.6) is 0 Å². The minimum atomic E-state index is -0.749. The van der Waals surface area contributed by atoms with E-state index in [1.54, 1.807) is 24.3 Å². The number of hydrogen-bond acceptors (Lipinski definition) is 5. The molecule has 2 rings (SSSR count). The summed E-state index contributed by atoms with van der Waals surface area (Å²) < 4.78 is 5.68. The predicted octanol–water partition coefficient (Wildman–Crippen LogP) is 1.71. The van der Waals surface area contributed by atoms with Crippen molar-refractivity contribution in [3.8, 4) is 0 Å². The highest BCUT2D eigenvalue weighted by atomic mass is 79.9. The molecule has 3 amide bonds. The fourth-order valence-corrected chi connectivity index (χ4v) is 2.88. The van der Waals surface area contributed by atoms with Crippen molar-refractivity contribution >= 4 is 45.3 Å². The Morgan fingerprint density at radius 1 is 0.900 bits per heavy atom. The second-order valence-electron chi connectivity index (χ2n) is 6.38. The summed E-state index contributed by atoms with van der Waals surface area (Å²) in [5, 5.41) is 7.47. The van der Waals surface area contributed by atoms with Crippen molar-refractivity contribution in [1.29, 1.82) is 0 Å². The van der Waals surface area contributed by atoms with Crippen LogP contribution in [0.15, 0.2) is 53.0 Å². The monoisotopic (exact) mass is 475 g/mol. The number of benzene rings is 2. The van der Waals surface area contributed by atoms with E-state index < -0.39 is 24.4 Å². The summed E-state index contributed by atoms with van der Waals surface area (Å²) in [6, 6.07) is 14.5. The van der Waals surface area contributed by atoms with E-state index in [4.69, 9.17) is 4.74 Å². The summed E-state index contributed by atoms with van der Waals surface area (Å²) in [5.41, 5.74) is 2.32. The molecule has 0 aliphatic rings. The molecule has 158 valence electrons. The number of carbonyl (C=O) groups is 4. The molecule has 3 N–H and O–H groups in total. The van der Waals surface area contributed by atoms with Gasteiger partial charge in [0.1, 0.15) is 6.54 Å². The van der Waals surface area contributed by atoms with Crippen LogP contribution in [-0.2, 0) is 30.3 Å². The lowest BCUT2D eigenvalue weighted by atomic mass is 10.1. The lowest BCUT2D eigenvalue weighted by molar-refractivity contribution is -0.148. The van der Waals surface area contributed by atoms with E-state index in [1.807, 2.05) is 31.2 Å². The maximum Gasteiger partial charge on any atom is 0.325 e. The standard InChI is InChI=1S/C21H22BrN3O5/c1-14-9-16(22)7-8-17(14)25-19(27)11-23-20(28)13-30-21(29)12-24-18(26)10-15-5-3-2-4-6-15/h2-9H,10-13H2,1H3,(H,23,28)(H,24,26)(H,25,27). The van der Waals surface area contributed by atoms with E-state index in [0.29, 0.717) is 5.69 Å². The Morgan fingerprint density at radius 2 is 1.60 bits per heavy atom. The second kappa shape index (κ2) is 11.7. The molecule has 0 bridgehead atoms. The third-order valence-corrected chi connectivity index (χ3v) is 4.40. The van der Waals surface area contributed by atoms with Gasteiger partial charge in [0.2, 0.25) is 11.8 Å². The smallest absolute Gasteiger partial charge is 0.325 e. The number of carbonyl (C=O) groups excluding carboxylic acids is 4. The molecule has 0 aliphatic carbocycles. The van der Waals surface area contributed by atoms with Crippen molar-refractivity contribution in [3.63, 3.8) is 0 Å². The Morgan fingerprint density at radius 3 is 2.30 bits per heavy atom. The number of esters is 1. The number of hydrogen-bond donors (Lipinski definition) is 3. The van der Waals surface area contributed by atoms with Crippen molar-refractivity contribution < 1.29 is 23.9 Å². The summed E-state index contributed by atoms with van der Waals surface area (Å²) >= 11 is 3.34. The van der Waals surface area contributed by atoms with E-state index in [9.17, 15) is 19.2 Å². The molecule has 0 aromatic heterocycles. The maximum atomic E-state index is 11.9. The van der Waals surface area contributed by atoms with Gasteiger partial charge >= 0.3 is 5.97 Å². The van der Waals surface area contributed by atoms with E-state index in [-0.39, 0.29) is 25.4 Å². The molecule has 0 spiro atoms. The number of nitrogens with one attached hydrogen (secondary N) is 3. The first-order valence-electron chi connectivity index (χ1n) is 9.12. The van der Waals surface area contributed by atoms with E-state index in [0.717, 1.165) is 15.6 Å². The Labute approximate surface area is 182 Å². The molecule has 2 aromatic carbocycles. The molecule has 30 heavy (non-hydrogen) atoms. The van der Waals surface area contributed by atoms with Gasteiger partial charge in [0.05, 0.1) is 13.0 Å². The zero-order valence-corrected chi connectivity index (χ0v) is 18.0. The SMILES string of the molecule is Cc1cc(Br)ccc1NC(=O)CNC(=O)COC(=O)CNC(=O)Cc1ccccc1. The fourth-order valence-electron chi connectivity index (χ4n) is 2.40. The number of anilines is 1. The van der Waals surface area contributed by atoms with Crippen molar-refractivity contribution in [3.05, 3.63) is 64.1 Å². The van der Waals surface area contributed by atoms with Gasteiger partial charge < -0.3 is 20.7 Å². The normalized spacial score (nSPS) is 10.1. The third kappa shape index (κ3) is 8.44. The van der Waals surface area contributed by atoms with Crippen LogP contribution in [-0.4, -0.2) is 43.4 Å². The Balaban J connectivity index is 1.62. The summed E-state index contributed by atoms with van der Waals surface area (Å²) in [5.74, 6) is -2.11. The lowest BCUT2D eigenvalue weighted by Gasteiger charge is -2.10. The molecular weight excluding hydrogens is 454 g/mol. The second-order valence-corrected chi connectivity index (χ2v) is 7.30. The molecule has 0 radical (unpaired) electrons. The minimum absolute atomic E-state index is 0.140. The number of aryl methyl sites for hydroxylation is 1. The zero-order valence-electron chi connectivity index (χ0n) is 16.4. The quantitative estimate of drug-likeness (QED) is 0.477. The number of halogens is 1.